The third-order valence-electron chi connectivity index (χ3n) is 4.73. The average molecular weight is 382 g/mol. The smallest absolute Gasteiger partial charge is 0.299 e. The molecule has 0 aliphatic heterocycles. The molecule has 0 fully saturated rings. The summed E-state index contributed by atoms with van der Waals surface area (Å²) < 4.78 is 84.3. The molecule has 1 unspecified atom stereocenters. The minimum Gasteiger partial charge on any atom is -0.299 e. The Morgan fingerprint density at radius 2 is 1.74 bits per heavy atom. The van der Waals surface area contributed by atoms with E-state index in [4.69, 9.17) is 0 Å². The van der Waals surface area contributed by atoms with Crippen LogP contribution >= 0.6 is 0 Å². The zero-order valence-electron chi connectivity index (χ0n) is 14.1. The van der Waals surface area contributed by atoms with Gasteiger partial charge < -0.3 is 0 Å². The topological polar surface area (TPSA) is 17.3 Å². The van der Waals surface area contributed by atoms with Crippen molar-refractivity contribution >= 4 is 27.3 Å². The highest BCUT2D eigenvalue weighted by Crippen LogP contribution is 2.41. The fourth-order valence-corrected chi connectivity index (χ4v) is 3.42. The first-order valence-corrected chi connectivity index (χ1v) is 8.05. The number of nitrogens with zero attached hydrogens (tertiary/aromatic N) is 2. The van der Waals surface area contributed by atoms with E-state index in [1.165, 1.54) is 16.7 Å². The van der Waals surface area contributed by atoms with Crippen LogP contribution in [-0.2, 0) is 0 Å². The lowest BCUT2D eigenvalue weighted by molar-refractivity contribution is -0.147. The number of rotatable bonds is 1. The SMILES string of the molecule is Cc1cn2c3cc(F)c(C(C)C(F)(F)F)c(F)c3c3cc(F)ccc3c2n1. The van der Waals surface area contributed by atoms with E-state index >= 15 is 4.39 Å². The van der Waals surface area contributed by atoms with Gasteiger partial charge in [-0.3, -0.25) is 4.40 Å². The number of pyridine rings is 1. The zero-order valence-corrected chi connectivity index (χ0v) is 14.1. The minimum atomic E-state index is -4.83. The first-order chi connectivity index (χ1) is 12.6. The van der Waals surface area contributed by atoms with Crippen LogP contribution in [0.3, 0.4) is 0 Å². The predicted octanol–water partition coefficient (Wildman–Crippen LogP) is 6.03. The van der Waals surface area contributed by atoms with Gasteiger partial charge in [0.05, 0.1) is 17.1 Å². The molecule has 2 heterocycles. The Kier molecular flexibility index (Phi) is 3.66. The van der Waals surface area contributed by atoms with Gasteiger partial charge in [0.2, 0.25) is 0 Å². The number of fused-ring (bicyclic) bond motifs is 6. The number of aryl methyl sites for hydroxylation is 1. The lowest BCUT2D eigenvalue weighted by Crippen LogP contribution is -2.20. The van der Waals surface area contributed by atoms with E-state index in [0.717, 1.165) is 18.2 Å². The Balaban J connectivity index is 2.27. The molecular weight excluding hydrogens is 370 g/mol. The standard InChI is InChI=1S/C19H12F6N2/c1-8-7-27-14-6-13(21)15(9(2)19(23,24)25)17(22)16(14)12-5-10(20)3-4-11(12)18(27)26-8/h3-7,9H,1-2H3. The summed E-state index contributed by atoms with van der Waals surface area (Å²) in [6, 6.07) is 4.39. The van der Waals surface area contributed by atoms with Crippen LogP contribution in [0.15, 0.2) is 30.5 Å². The Morgan fingerprint density at radius 3 is 2.41 bits per heavy atom. The van der Waals surface area contributed by atoms with Crippen molar-refractivity contribution in [1.29, 1.82) is 0 Å². The molecule has 0 radical (unpaired) electrons. The van der Waals surface area contributed by atoms with Crippen LogP contribution in [0.5, 0.6) is 0 Å². The van der Waals surface area contributed by atoms with E-state index < -0.39 is 35.1 Å². The van der Waals surface area contributed by atoms with Gasteiger partial charge in [0, 0.05) is 27.9 Å². The van der Waals surface area contributed by atoms with E-state index in [-0.39, 0.29) is 16.3 Å². The summed E-state index contributed by atoms with van der Waals surface area (Å²) in [6.07, 6.45) is -3.31. The number of hydrogen-bond acceptors (Lipinski definition) is 1. The molecule has 0 spiro atoms. The van der Waals surface area contributed by atoms with Gasteiger partial charge >= 0.3 is 6.18 Å². The molecule has 0 bridgehead atoms. The van der Waals surface area contributed by atoms with Crippen molar-refractivity contribution in [3.05, 3.63) is 59.2 Å². The fourth-order valence-electron chi connectivity index (χ4n) is 3.42. The number of aromatic nitrogens is 2. The van der Waals surface area contributed by atoms with Crippen molar-refractivity contribution in [2.75, 3.05) is 0 Å². The molecule has 2 nitrogen and oxygen atoms in total. The van der Waals surface area contributed by atoms with Crippen LogP contribution in [0.2, 0.25) is 0 Å². The summed E-state index contributed by atoms with van der Waals surface area (Å²) in [4.78, 5) is 4.29. The molecule has 2 aromatic heterocycles. The van der Waals surface area contributed by atoms with Crippen molar-refractivity contribution in [2.24, 2.45) is 0 Å². The van der Waals surface area contributed by atoms with Crippen molar-refractivity contribution in [3.8, 4) is 0 Å². The Morgan fingerprint density at radius 1 is 1.04 bits per heavy atom. The van der Waals surface area contributed by atoms with Crippen LogP contribution in [0.1, 0.15) is 24.1 Å². The quantitative estimate of drug-likeness (QED) is 0.290. The molecule has 0 N–H and O–H groups in total. The lowest BCUT2D eigenvalue weighted by atomic mass is 9.95. The minimum absolute atomic E-state index is 0.0168. The molecule has 4 rings (SSSR count). The van der Waals surface area contributed by atoms with Crippen LogP contribution < -0.4 is 0 Å². The monoisotopic (exact) mass is 382 g/mol. The van der Waals surface area contributed by atoms with E-state index in [1.54, 1.807) is 6.92 Å². The first-order valence-electron chi connectivity index (χ1n) is 8.05. The van der Waals surface area contributed by atoms with Crippen molar-refractivity contribution < 1.29 is 26.3 Å². The summed E-state index contributed by atoms with van der Waals surface area (Å²) in [7, 11) is 0. The molecule has 0 saturated heterocycles. The van der Waals surface area contributed by atoms with Crippen molar-refractivity contribution in [2.45, 2.75) is 25.9 Å². The number of hydrogen-bond donors (Lipinski definition) is 0. The van der Waals surface area contributed by atoms with Crippen LogP contribution in [0, 0.1) is 24.4 Å². The van der Waals surface area contributed by atoms with Gasteiger partial charge in [-0.1, -0.05) is 0 Å². The third kappa shape index (κ3) is 2.54. The number of benzene rings is 2. The molecule has 0 aliphatic carbocycles. The molecule has 0 aliphatic rings. The number of imidazole rings is 1. The molecule has 27 heavy (non-hydrogen) atoms. The highest BCUT2D eigenvalue weighted by molar-refractivity contribution is 6.12. The van der Waals surface area contributed by atoms with Gasteiger partial charge in [-0.25, -0.2) is 18.2 Å². The van der Waals surface area contributed by atoms with Crippen LogP contribution in [-0.4, -0.2) is 15.6 Å². The molecule has 0 saturated carbocycles. The second kappa shape index (κ2) is 5.61. The zero-order chi connectivity index (χ0) is 19.7. The van der Waals surface area contributed by atoms with E-state index in [1.807, 2.05) is 0 Å². The largest absolute Gasteiger partial charge is 0.395 e. The predicted molar refractivity (Wildman–Crippen MR) is 89.3 cm³/mol. The lowest BCUT2D eigenvalue weighted by Gasteiger charge is -2.19. The van der Waals surface area contributed by atoms with E-state index in [2.05, 4.69) is 4.98 Å². The summed E-state index contributed by atoms with van der Waals surface area (Å²) in [5.74, 6) is -5.71. The Labute approximate surface area is 149 Å². The summed E-state index contributed by atoms with van der Waals surface area (Å²) in [5, 5.41) is 0.117. The summed E-state index contributed by atoms with van der Waals surface area (Å²) >= 11 is 0. The molecule has 4 aromatic rings. The Bertz CT molecular complexity index is 1220. The van der Waals surface area contributed by atoms with Crippen LogP contribution in [0.25, 0.3) is 27.3 Å². The van der Waals surface area contributed by atoms with Gasteiger partial charge in [0.25, 0.3) is 0 Å². The molecule has 140 valence electrons. The van der Waals surface area contributed by atoms with Gasteiger partial charge in [-0.2, -0.15) is 13.2 Å². The summed E-state index contributed by atoms with van der Waals surface area (Å²) in [6.45, 7) is 2.36. The van der Waals surface area contributed by atoms with Crippen molar-refractivity contribution in [3.63, 3.8) is 0 Å². The number of alkyl halides is 3. The Hall–Kier alpha value is -2.77. The maximum atomic E-state index is 15.2. The van der Waals surface area contributed by atoms with Gasteiger partial charge in [-0.05, 0) is 38.1 Å². The molecule has 2 aromatic carbocycles. The highest BCUT2D eigenvalue weighted by Gasteiger charge is 2.41. The second-order valence-corrected chi connectivity index (χ2v) is 6.51. The fraction of sp³-hybridized carbons (Fsp3) is 0.211. The molecule has 0 amide bonds. The van der Waals surface area contributed by atoms with Gasteiger partial charge in [-0.15, -0.1) is 0 Å². The van der Waals surface area contributed by atoms with E-state index in [9.17, 15) is 22.0 Å². The van der Waals surface area contributed by atoms with Crippen molar-refractivity contribution in [1.82, 2.24) is 9.38 Å². The second-order valence-electron chi connectivity index (χ2n) is 6.51. The van der Waals surface area contributed by atoms with Crippen LogP contribution in [0.4, 0.5) is 26.3 Å². The third-order valence-corrected chi connectivity index (χ3v) is 4.73. The first kappa shape index (κ1) is 17.6. The molecular formula is C19H12F6N2. The van der Waals surface area contributed by atoms with E-state index in [0.29, 0.717) is 23.7 Å². The maximum absolute atomic E-state index is 15.2. The average Bonchev–Trinajstić information content (AvgIpc) is 2.95. The molecule has 8 heteroatoms. The van der Waals surface area contributed by atoms with Gasteiger partial charge in [0.15, 0.2) is 0 Å². The number of halogens is 6. The normalized spacial score (nSPS) is 13.8. The summed E-state index contributed by atoms with van der Waals surface area (Å²) in [5.41, 5.74) is -0.222. The highest BCUT2D eigenvalue weighted by atomic mass is 19.4. The van der Waals surface area contributed by atoms with Gasteiger partial charge in [0.1, 0.15) is 23.1 Å². The maximum Gasteiger partial charge on any atom is 0.395 e. The molecule has 1 atom stereocenters.